The molecule has 3 aliphatic rings. The van der Waals surface area contributed by atoms with Crippen molar-refractivity contribution in [1.82, 2.24) is 0 Å². The first kappa shape index (κ1) is 13.8. The van der Waals surface area contributed by atoms with Crippen molar-refractivity contribution >= 4 is 37.8 Å². The average Bonchev–Trinajstić information content (AvgIpc) is 2.74. The van der Waals surface area contributed by atoms with Crippen LogP contribution in [0.3, 0.4) is 0 Å². The van der Waals surface area contributed by atoms with Gasteiger partial charge in [0, 0.05) is 20.5 Å². The topological polar surface area (TPSA) is 46.5 Å². The second-order valence-corrected chi connectivity index (χ2v) is 7.17. The lowest BCUT2D eigenvalue weighted by Crippen LogP contribution is -2.43. The number of aliphatic hydroxyl groups is 1. The Morgan fingerprint density at radius 2 is 1.95 bits per heavy atom. The van der Waals surface area contributed by atoms with E-state index in [-0.39, 0.29) is 11.9 Å². The molecule has 1 fully saturated rings. The molecule has 2 bridgehead atoms. The van der Waals surface area contributed by atoms with Crippen molar-refractivity contribution in [3.63, 3.8) is 0 Å². The Kier molecular flexibility index (Phi) is 3.43. The van der Waals surface area contributed by atoms with E-state index in [0.29, 0.717) is 24.4 Å². The first-order chi connectivity index (χ1) is 8.99. The number of ether oxygens (including phenoxy) is 1. The van der Waals surface area contributed by atoms with Crippen LogP contribution in [-0.2, 0) is 9.53 Å². The fourth-order valence-corrected chi connectivity index (χ4v) is 5.51. The van der Waals surface area contributed by atoms with Crippen molar-refractivity contribution < 1.29 is 14.6 Å². The van der Waals surface area contributed by atoms with Crippen molar-refractivity contribution in [3.8, 4) is 0 Å². The maximum atomic E-state index is 12.1. The molecule has 3 rings (SSSR count). The molecule has 0 unspecified atom stereocenters. The van der Waals surface area contributed by atoms with Crippen molar-refractivity contribution in [2.45, 2.75) is 26.4 Å². The molecule has 0 radical (unpaired) electrons. The Labute approximate surface area is 129 Å². The molecule has 0 aromatic heterocycles. The van der Waals surface area contributed by atoms with E-state index >= 15 is 0 Å². The highest BCUT2D eigenvalue weighted by Gasteiger charge is 2.61. The highest BCUT2D eigenvalue weighted by molar-refractivity contribution is 9.14. The summed E-state index contributed by atoms with van der Waals surface area (Å²) in [6.07, 6.45) is 0.481. The van der Waals surface area contributed by atoms with Crippen LogP contribution in [0, 0.1) is 23.7 Å². The van der Waals surface area contributed by atoms with Gasteiger partial charge in [-0.05, 0) is 43.6 Å². The minimum absolute atomic E-state index is 0.226. The van der Waals surface area contributed by atoms with Crippen LogP contribution in [0.5, 0.6) is 0 Å². The van der Waals surface area contributed by atoms with Crippen LogP contribution in [0.4, 0.5) is 0 Å². The van der Waals surface area contributed by atoms with Gasteiger partial charge >= 0.3 is 5.97 Å². The summed E-state index contributed by atoms with van der Waals surface area (Å²) in [6.45, 7) is 3.93. The highest BCUT2D eigenvalue weighted by Crippen LogP contribution is 2.68. The van der Waals surface area contributed by atoms with Gasteiger partial charge in [-0.1, -0.05) is 31.9 Å². The minimum Gasteiger partial charge on any atom is -0.463 e. The molecule has 1 N–H and O–H groups in total. The van der Waals surface area contributed by atoms with Gasteiger partial charge in [0.25, 0.3) is 0 Å². The Morgan fingerprint density at radius 3 is 2.47 bits per heavy atom. The second kappa shape index (κ2) is 4.71. The Morgan fingerprint density at radius 1 is 1.37 bits per heavy atom. The molecule has 0 saturated heterocycles. The van der Waals surface area contributed by atoms with E-state index in [1.807, 2.05) is 6.92 Å². The zero-order chi connectivity index (χ0) is 13.9. The smallest absolute Gasteiger partial charge is 0.334 e. The van der Waals surface area contributed by atoms with E-state index in [9.17, 15) is 9.90 Å². The van der Waals surface area contributed by atoms with Crippen molar-refractivity contribution in [3.05, 3.63) is 20.1 Å². The van der Waals surface area contributed by atoms with Gasteiger partial charge < -0.3 is 9.84 Å². The summed E-state index contributed by atoms with van der Waals surface area (Å²) >= 11 is 7.27. The van der Waals surface area contributed by atoms with Gasteiger partial charge in [-0.15, -0.1) is 0 Å². The Bertz CT molecular complexity index is 507. The van der Waals surface area contributed by atoms with Gasteiger partial charge in [0.1, 0.15) is 0 Å². The fourth-order valence-electron chi connectivity index (χ4n) is 3.98. The van der Waals surface area contributed by atoms with Crippen LogP contribution in [0.1, 0.15) is 20.3 Å². The summed E-state index contributed by atoms with van der Waals surface area (Å²) in [5.74, 6) is 1.06. The van der Waals surface area contributed by atoms with Gasteiger partial charge in [0.05, 0.1) is 12.7 Å². The number of esters is 1. The number of fused-ring (bicyclic) bond motifs is 5. The summed E-state index contributed by atoms with van der Waals surface area (Å²) in [5.41, 5.74) is 1.62. The normalized spacial score (nSPS) is 37.3. The molecule has 0 aliphatic heterocycles. The van der Waals surface area contributed by atoms with E-state index < -0.39 is 6.10 Å². The van der Waals surface area contributed by atoms with Crippen molar-refractivity contribution in [1.29, 1.82) is 0 Å². The molecule has 1 saturated carbocycles. The summed E-state index contributed by atoms with van der Waals surface area (Å²) in [4.78, 5) is 12.1. The van der Waals surface area contributed by atoms with Crippen LogP contribution in [0.2, 0.25) is 0 Å². The molecular formula is C14H16Br2O3. The maximum Gasteiger partial charge on any atom is 0.334 e. The molecule has 5 atom stereocenters. The van der Waals surface area contributed by atoms with Crippen LogP contribution < -0.4 is 0 Å². The van der Waals surface area contributed by atoms with E-state index in [0.717, 1.165) is 17.6 Å². The maximum absolute atomic E-state index is 12.1. The first-order valence-corrected chi connectivity index (χ1v) is 8.21. The van der Waals surface area contributed by atoms with Gasteiger partial charge in [-0.3, -0.25) is 0 Å². The molecule has 0 aromatic rings. The van der Waals surface area contributed by atoms with E-state index in [1.54, 1.807) is 6.92 Å². The third-order valence-electron chi connectivity index (χ3n) is 4.59. The lowest BCUT2D eigenvalue weighted by Gasteiger charge is -2.44. The third kappa shape index (κ3) is 1.74. The molecular weight excluding hydrogens is 376 g/mol. The molecule has 0 spiro atoms. The molecule has 5 heteroatoms. The Hall–Kier alpha value is -0.130. The number of rotatable bonds is 3. The molecule has 0 amide bonds. The second-order valence-electron chi connectivity index (χ2n) is 5.46. The molecule has 3 nitrogen and oxygen atoms in total. The number of hydrogen-bond donors (Lipinski definition) is 1. The summed E-state index contributed by atoms with van der Waals surface area (Å²) in [7, 11) is 0. The van der Waals surface area contributed by atoms with E-state index in [4.69, 9.17) is 4.74 Å². The lowest BCUT2D eigenvalue weighted by atomic mass is 9.61. The van der Waals surface area contributed by atoms with Crippen LogP contribution >= 0.6 is 31.9 Å². The molecule has 104 valence electrons. The third-order valence-corrected chi connectivity index (χ3v) is 7.15. The summed E-state index contributed by atoms with van der Waals surface area (Å²) < 4.78 is 7.55. The van der Waals surface area contributed by atoms with E-state index in [1.165, 1.54) is 8.96 Å². The molecule has 0 heterocycles. The van der Waals surface area contributed by atoms with Crippen molar-refractivity contribution in [2.75, 3.05) is 6.61 Å². The van der Waals surface area contributed by atoms with Gasteiger partial charge in [-0.2, -0.15) is 0 Å². The quantitative estimate of drug-likeness (QED) is 0.752. The number of hydrogen-bond acceptors (Lipinski definition) is 3. The van der Waals surface area contributed by atoms with Gasteiger partial charge in [0.15, 0.2) is 0 Å². The van der Waals surface area contributed by atoms with Crippen LogP contribution in [0.25, 0.3) is 0 Å². The number of allylic oxidation sites excluding steroid dienone is 2. The Balaban J connectivity index is 1.98. The number of aliphatic hydroxyl groups excluding tert-OH is 1. The monoisotopic (exact) mass is 390 g/mol. The van der Waals surface area contributed by atoms with Gasteiger partial charge in [0.2, 0.25) is 0 Å². The predicted molar refractivity (Wildman–Crippen MR) is 78.8 cm³/mol. The standard InChI is InChI=1S/C14H16Br2O3/c1-3-19-14(18)11-8(5(2)17)9-6-4-7(10(9)11)13(16)12(6)15/h5-7,9-10,17H,3-4H2,1-2H3/t5-,6-,7+,9-,10-/m0/s1. The molecule has 3 aliphatic carbocycles. The molecule has 19 heavy (non-hydrogen) atoms. The first-order valence-electron chi connectivity index (χ1n) is 6.63. The lowest BCUT2D eigenvalue weighted by molar-refractivity contribution is -0.140. The molecule has 0 aromatic carbocycles. The fraction of sp³-hybridized carbons (Fsp3) is 0.643. The number of halogens is 2. The summed E-state index contributed by atoms with van der Waals surface area (Å²) in [5, 5.41) is 9.98. The zero-order valence-electron chi connectivity index (χ0n) is 10.8. The summed E-state index contributed by atoms with van der Waals surface area (Å²) in [6, 6.07) is 0. The highest BCUT2D eigenvalue weighted by atomic mass is 79.9. The van der Waals surface area contributed by atoms with E-state index in [2.05, 4.69) is 31.9 Å². The predicted octanol–water partition coefficient (Wildman–Crippen LogP) is 3.12. The number of carbonyl (C=O) groups excluding carboxylic acids is 1. The van der Waals surface area contributed by atoms with Gasteiger partial charge in [-0.25, -0.2) is 4.79 Å². The largest absolute Gasteiger partial charge is 0.463 e. The van der Waals surface area contributed by atoms with Crippen molar-refractivity contribution in [2.24, 2.45) is 23.7 Å². The number of carbonyl (C=O) groups is 1. The zero-order valence-corrected chi connectivity index (χ0v) is 14.0. The SMILES string of the molecule is CCOC(=O)C1=C([C@H](C)O)[C@H]2[C@@H]1[C@H]1C[C@@H]2C(Br)=C1Br. The van der Waals surface area contributed by atoms with Crippen LogP contribution in [0.15, 0.2) is 20.1 Å². The van der Waals surface area contributed by atoms with Crippen LogP contribution in [-0.4, -0.2) is 23.8 Å². The minimum atomic E-state index is -0.570. The average molecular weight is 392 g/mol.